The average Bonchev–Trinajstić information content (AvgIpc) is 2.83. The van der Waals surface area contributed by atoms with Crippen LogP contribution in [0.5, 0.6) is 0 Å². The van der Waals surface area contributed by atoms with Crippen molar-refractivity contribution in [1.29, 1.82) is 0 Å². The summed E-state index contributed by atoms with van der Waals surface area (Å²) in [5.41, 5.74) is 0.236. The molecular weight excluding hydrogens is 528 g/mol. The number of halogens is 3. The van der Waals surface area contributed by atoms with Crippen molar-refractivity contribution in [1.82, 2.24) is 10.2 Å². The highest BCUT2D eigenvalue weighted by Gasteiger charge is 2.32. The van der Waals surface area contributed by atoms with Gasteiger partial charge in [0.05, 0.1) is 22.0 Å². The van der Waals surface area contributed by atoms with Gasteiger partial charge in [0.25, 0.3) is 0 Å². The molecule has 0 spiro atoms. The first kappa shape index (κ1) is 28.2. The second kappa shape index (κ2) is 12.3. The number of anilines is 1. The summed E-state index contributed by atoms with van der Waals surface area (Å²) in [6.45, 7) is 0.689. The third kappa shape index (κ3) is 7.11. The van der Waals surface area contributed by atoms with Gasteiger partial charge in [0.15, 0.2) is 0 Å². The number of benzene rings is 2. The molecule has 0 aliphatic heterocycles. The van der Waals surface area contributed by atoms with E-state index in [2.05, 4.69) is 5.32 Å². The first-order chi connectivity index (χ1) is 17.0. The maximum atomic E-state index is 14.5. The Kier molecular flexibility index (Phi) is 9.60. The molecule has 3 rings (SSSR count). The van der Waals surface area contributed by atoms with Gasteiger partial charge in [0.2, 0.25) is 21.8 Å². The Morgan fingerprint density at radius 1 is 1.08 bits per heavy atom. The lowest BCUT2D eigenvalue weighted by Crippen LogP contribution is -2.53. The van der Waals surface area contributed by atoms with Crippen LogP contribution < -0.4 is 9.62 Å². The minimum atomic E-state index is -3.97. The summed E-state index contributed by atoms with van der Waals surface area (Å²) in [7, 11) is -3.97. The van der Waals surface area contributed by atoms with Gasteiger partial charge >= 0.3 is 0 Å². The van der Waals surface area contributed by atoms with Crippen LogP contribution in [0, 0.1) is 5.82 Å². The quantitative estimate of drug-likeness (QED) is 0.481. The van der Waals surface area contributed by atoms with Gasteiger partial charge < -0.3 is 10.2 Å². The number of amides is 2. The van der Waals surface area contributed by atoms with Gasteiger partial charge in [-0.05, 0) is 38.0 Å². The Balaban J connectivity index is 1.91. The Morgan fingerprint density at radius 2 is 1.75 bits per heavy atom. The highest BCUT2D eigenvalue weighted by molar-refractivity contribution is 7.92. The normalized spacial score (nSPS) is 15.2. The number of sulfonamides is 1. The smallest absolute Gasteiger partial charge is 0.244 e. The predicted octanol–water partition coefficient (Wildman–Crippen LogP) is 4.76. The second-order valence-electron chi connectivity index (χ2n) is 8.98. The maximum absolute atomic E-state index is 14.5. The lowest BCUT2D eigenvalue weighted by atomic mass is 9.95. The molecular formula is C25H30Cl2FN3O4S. The SMILES string of the molecule is CC(C(=O)NC1CCCCC1)N(Cc1ccccc1F)C(=O)CN(c1cccc(Cl)c1Cl)S(C)(=O)=O. The summed E-state index contributed by atoms with van der Waals surface area (Å²) in [5.74, 6) is -1.60. The van der Waals surface area contributed by atoms with Crippen molar-refractivity contribution < 1.29 is 22.4 Å². The van der Waals surface area contributed by atoms with Crippen LogP contribution in [-0.2, 0) is 26.2 Å². The fourth-order valence-corrected chi connectivity index (χ4v) is 5.54. The van der Waals surface area contributed by atoms with Gasteiger partial charge in [-0.25, -0.2) is 12.8 Å². The average molecular weight is 559 g/mol. The second-order valence-corrected chi connectivity index (χ2v) is 11.7. The van der Waals surface area contributed by atoms with Crippen molar-refractivity contribution in [2.24, 2.45) is 0 Å². The predicted molar refractivity (Wildman–Crippen MR) is 140 cm³/mol. The van der Waals surface area contributed by atoms with Crippen LogP contribution in [0.4, 0.5) is 10.1 Å². The van der Waals surface area contributed by atoms with E-state index in [-0.39, 0.29) is 39.8 Å². The number of hydrogen-bond donors (Lipinski definition) is 1. The molecule has 7 nitrogen and oxygen atoms in total. The molecule has 1 atom stereocenters. The fourth-order valence-electron chi connectivity index (χ4n) is 4.24. The molecule has 2 aromatic carbocycles. The van der Waals surface area contributed by atoms with E-state index < -0.39 is 34.3 Å². The minimum Gasteiger partial charge on any atom is -0.352 e. The van der Waals surface area contributed by atoms with Gasteiger partial charge in [-0.3, -0.25) is 13.9 Å². The van der Waals surface area contributed by atoms with Crippen molar-refractivity contribution in [3.8, 4) is 0 Å². The molecule has 0 aromatic heterocycles. The first-order valence-corrected chi connectivity index (χ1v) is 14.3. The highest BCUT2D eigenvalue weighted by atomic mass is 35.5. The van der Waals surface area contributed by atoms with E-state index in [1.54, 1.807) is 13.0 Å². The minimum absolute atomic E-state index is 0.0110. The molecule has 36 heavy (non-hydrogen) atoms. The lowest BCUT2D eigenvalue weighted by Gasteiger charge is -2.33. The van der Waals surface area contributed by atoms with E-state index in [4.69, 9.17) is 23.2 Å². The van der Waals surface area contributed by atoms with Crippen molar-refractivity contribution in [2.45, 2.75) is 57.7 Å². The summed E-state index contributed by atoms with van der Waals surface area (Å²) in [6, 6.07) is 9.42. The van der Waals surface area contributed by atoms with Crippen LogP contribution in [0.3, 0.4) is 0 Å². The zero-order valence-corrected chi connectivity index (χ0v) is 22.5. The monoisotopic (exact) mass is 557 g/mol. The van der Waals surface area contributed by atoms with Crippen molar-refractivity contribution in [2.75, 3.05) is 17.1 Å². The number of nitrogens with zero attached hydrogens (tertiary/aromatic N) is 2. The lowest BCUT2D eigenvalue weighted by molar-refractivity contribution is -0.139. The zero-order valence-electron chi connectivity index (χ0n) is 20.2. The molecule has 1 fully saturated rings. The van der Waals surface area contributed by atoms with Gasteiger partial charge in [-0.15, -0.1) is 0 Å². The number of nitrogens with one attached hydrogen (secondary N) is 1. The third-order valence-corrected chi connectivity index (χ3v) is 8.23. The molecule has 1 unspecified atom stereocenters. The van der Waals surface area contributed by atoms with Gasteiger partial charge in [0, 0.05) is 18.2 Å². The first-order valence-electron chi connectivity index (χ1n) is 11.7. The Labute approximate surface area is 221 Å². The topological polar surface area (TPSA) is 86.8 Å². The standard InChI is InChI=1S/C25H30Cl2FN3O4S/c1-17(25(33)29-19-10-4-3-5-11-19)30(15-18-9-6-7-13-21(18)28)23(32)16-31(36(2,34)35)22-14-8-12-20(26)24(22)27/h6-9,12-14,17,19H,3-5,10-11,15-16H2,1-2H3,(H,29,33). The summed E-state index contributed by atoms with van der Waals surface area (Å²) in [6.07, 6.45) is 5.80. The number of carbonyl (C=O) groups excluding carboxylic acids is 2. The van der Waals surface area contributed by atoms with Crippen molar-refractivity contribution in [3.05, 3.63) is 63.9 Å². The van der Waals surface area contributed by atoms with E-state index in [1.165, 1.54) is 41.3 Å². The van der Waals surface area contributed by atoms with E-state index in [9.17, 15) is 22.4 Å². The highest BCUT2D eigenvalue weighted by Crippen LogP contribution is 2.33. The van der Waals surface area contributed by atoms with E-state index in [0.717, 1.165) is 42.7 Å². The van der Waals surface area contributed by atoms with Crippen LogP contribution in [0.25, 0.3) is 0 Å². The zero-order chi connectivity index (χ0) is 26.5. The van der Waals surface area contributed by atoms with Crippen molar-refractivity contribution >= 4 is 50.7 Å². The molecule has 196 valence electrons. The van der Waals surface area contributed by atoms with E-state index in [0.29, 0.717) is 0 Å². The fraction of sp³-hybridized carbons (Fsp3) is 0.440. The van der Waals surface area contributed by atoms with E-state index >= 15 is 0 Å². The number of rotatable bonds is 9. The molecule has 0 heterocycles. The number of carbonyl (C=O) groups is 2. The molecule has 1 aliphatic carbocycles. The van der Waals surface area contributed by atoms with Crippen LogP contribution >= 0.6 is 23.2 Å². The number of hydrogen-bond acceptors (Lipinski definition) is 4. The Morgan fingerprint density at radius 3 is 2.39 bits per heavy atom. The third-order valence-electron chi connectivity index (χ3n) is 6.30. The van der Waals surface area contributed by atoms with E-state index in [1.807, 2.05) is 0 Å². The van der Waals surface area contributed by atoms with Gasteiger partial charge in [0.1, 0.15) is 18.4 Å². The molecule has 2 aromatic rings. The summed E-state index contributed by atoms with van der Waals surface area (Å²) >= 11 is 12.3. The Bertz CT molecular complexity index is 1210. The van der Waals surface area contributed by atoms with Gasteiger partial charge in [-0.1, -0.05) is 66.7 Å². The molecule has 0 saturated heterocycles. The van der Waals surface area contributed by atoms with Crippen LogP contribution in [0.1, 0.15) is 44.6 Å². The van der Waals surface area contributed by atoms with Crippen LogP contribution in [0.2, 0.25) is 10.0 Å². The molecule has 1 aliphatic rings. The molecule has 1 N–H and O–H groups in total. The molecule has 1 saturated carbocycles. The molecule has 2 amide bonds. The van der Waals surface area contributed by atoms with Crippen LogP contribution in [0.15, 0.2) is 42.5 Å². The van der Waals surface area contributed by atoms with Crippen molar-refractivity contribution in [3.63, 3.8) is 0 Å². The molecule has 0 radical (unpaired) electrons. The summed E-state index contributed by atoms with van der Waals surface area (Å²) in [5, 5.41) is 3.09. The molecule has 11 heteroatoms. The summed E-state index contributed by atoms with van der Waals surface area (Å²) < 4.78 is 40.6. The largest absolute Gasteiger partial charge is 0.352 e. The van der Waals surface area contributed by atoms with Gasteiger partial charge in [-0.2, -0.15) is 0 Å². The summed E-state index contributed by atoms with van der Waals surface area (Å²) in [4.78, 5) is 27.9. The molecule has 0 bridgehead atoms. The Hall–Kier alpha value is -2.36. The van der Waals surface area contributed by atoms with Crippen LogP contribution in [-0.4, -0.2) is 50.0 Å². The maximum Gasteiger partial charge on any atom is 0.244 e.